The molecule has 0 radical (unpaired) electrons. The molecule has 1 heterocycles. The minimum atomic E-state index is -0.277. The van der Waals surface area contributed by atoms with Gasteiger partial charge in [-0.3, -0.25) is 4.79 Å². The largest absolute Gasteiger partial charge is 0.379 e. The predicted octanol–water partition coefficient (Wildman–Crippen LogP) is 2.83. The SMILES string of the molecule is CCO[C@@H]1C[C@@H](Nc2cnn(C)c(=O)c2Cl)C1(CC)CC. The fraction of sp³-hybridized carbons (Fsp3) is 0.733. The summed E-state index contributed by atoms with van der Waals surface area (Å²) in [6, 6.07) is 0.260. The summed E-state index contributed by atoms with van der Waals surface area (Å²) in [7, 11) is 1.59. The molecule has 0 aromatic carbocycles. The highest BCUT2D eigenvalue weighted by atomic mass is 35.5. The van der Waals surface area contributed by atoms with Crippen LogP contribution in [0, 0.1) is 5.41 Å². The molecule has 5 nitrogen and oxygen atoms in total. The molecule has 1 fully saturated rings. The van der Waals surface area contributed by atoms with Crippen LogP contribution in [-0.2, 0) is 11.8 Å². The Balaban J connectivity index is 2.21. The van der Waals surface area contributed by atoms with Crippen LogP contribution < -0.4 is 10.9 Å². The van der Waals surface area contributed by atoms with Gasteiger partial charge in [-0.1, -0.05) is 25.4 Å². The quantitative estimate of drug-likeness (QED) is 0.877. The number of hydrogen-bond acceptors (Lipinski definition) is 4. The highest BCUT2D eigenvalue weighted by molar-refractivity contribution is 6.32. The van der Waals surface area contributed by atoms with Gasteiger partial charge in [-0.15, -0.1) is 0 Å². The Labute approximate surface area is 130 Å². The van der Waals surface area contributed by atoms with E-state index in [-0.39, 0.29) is 28.1 Å². The summed E-state index contributed by atoms with van der Waals surface area (Å²) in [6.07, 6.45) is 4.88. The van der Waals surface area contributed by atoms with Crippen LogP contribution in [0.15, 0.2) is 11.0 Å². The summed E-state index contributed by atoms with van der Waals surface area (Å²) in [5.41, 5.74) is 0.437. The number of halogens is 1. The first-order chi connectivity index (χ1) is 10.00. The van der Waals surface area contributed by atoms with E-state index < -0.39 is 0 Å². The van der Waals surface area contributed by atoms with Gasteiger partial charge in [0.2, 0.25) is 0 Å². The van der Waals surface area contributed by atoms with E-state index in [0.717, 1.165) is 25.9 Å². The van der Waals surface area contributed by atoms with Gasteiger partial charge in [-0.25, -0.2) is 4.68 Å². The topological polar surface area (TPSA) is 56.1 Å². The van der Waals surface area contributed by atoms with Crippen molar-refractivity contribution in [2.75, 3.05) is 11.9 Å². The lowest BCUT2D eigenvalue weighted by atomic mass is 9.58. The van der Waals surface area contributed by atoms with Gasteiger partial charge < -0.3 is 10.1 Å². The third-order valence-electron chi connectivity index (χ3n) is 4.88. The fourth-order valence-electron chi connectivity index (χ4n) is 3.38. The smallest absolute Gasteiger partial charge is 0.287 e. The lowest BCUT2D eigenvalue weighted by Crippen LogP contribution is -2.61. The summed E-state index contributed by atoms with van der Waals surface area (Å²) in [5, 5.41) is 7.64. The van der Waals surface area contributed by atoms with Gasteiger partial charge in [0.1, 0.15) is 5.02 Å². The first kappa shape index (κ1) is 16.3. The molecule has 1 aliphatic rings. The minimum Gasteiger partial charge on any atom is -0.379 e. The van der Waals surface area contributed by atoms with Crippen molar-refractivity contribution >= 4 is 17.3 Å². The summed E-state index contributed by atoms with van der Waals surface area (Å²) < 4.78 is 7.10. The van der Waals surface area contributed by atoms with Crippen LogP contribution in [0.5, 0.6) is 0 Å². The van der Waals surface area contributed by atoms with E-state index >= 15 is 0 Å². The van der Waals surface area contributed by atoms with Crippen LogP contribution in [0.25, 0.3) is 0 Å². The van der Waals surface area contributed by atoms with Crippen LogP contribution >= 0.6 is 11.6 Å². The molecule has 0 spiro atoms. The number of aromatic nitrogens is 2. The zero-order valence-electron chi connectivity index (χ0n) is 13.1. The van der Waals surface area contributed by atoms with Crippen LogP contribution in [0.1, 0.15) is 40.0 Å². The Kier molecular flexibility index (Phi) is 4.94. The van der Waals surface area contributed by atoms with Crippen molar-refractivity contribution < 1.29 is 4.74 Å². The maximum Gasteiger partial charge on any atom is 0.287 e. The molecule has 1 aliphatic carbocycles. The molecular weight excluding hydrogens is 290 g/mol. The Morgan fingerprint density at radius 3 is 2.71 bits per heavy atom. The lowest BCUT2D eigenvalue weighted by Gasteiger charge is -2.55. The third-order valence-corrected chi connectivity index (χ3v) is 5.24. The number of ether oxygens (including phenoxy) is 1. The molecule has 1 aromatic rings. The standard InChI is InChI=1S/C15H24ClN3O2/c1-5-15(6-2)11(8-12(15)21-7-3)18-10-9-17-19(4)14(20)13(10)16/h9,11-12,18H,5-8H2,1-4H3/t11-,12-/m1/s1. The second kappa shape index (κ2) is 6.36. The Bertz CT molecular complexity index is 554. The zero-order valence-corrected chi connectivity index (χ0v) is 13.9. The Morgan fingerprint density at radius 2 is 2.14 bits per heavy atom. The average molecular weight is 314 g/mol. The van der Waals surface area contributed by atoms with Crippen molar-refractivity contribution in [3.63, 3.8) is 0 Å². The predicted molar refractivity (Wildman–Crippen MR) is 84.9 cm³/mol. The minimum absolute atomic E-state index is 0.0976. The molecular formula is C15H24ClN3O2. The molecule has 21 heavy (non-hydrogen) atoms. The monoisotopic (exact) mass is 313 g/mol. The number of anilines is 1. The summed E-state index contributed by atoms with van der Waals surface area (Å²) in [5.74, 6) is 0. The van der Waals surface area contributed by atoms with Crippen LogP contribution in [0.4, 0.5) is 5.69 Å². The molecule has 0 amide bonds. The van der Waals surface area contributed by atoms with Gasteiger partial charge in [-0.05, 0) is 26.2 Å². The number of rotatable bonds is 6. The molecule has 1 aromatic heterocycles. The van der Waals surface area contributed by atoms with Crippen LogP contribution in [0.3, 0.4) is 0 Å². The highest BCUT2D eigenvalue weighted by Crippen LogP contribution is 2.50. The van der Waals surface area contributed by atoms with Gasteiger partial charge in [-0.2, -0.15) is 5.10 Å². The maximum absolute atomic E-state index is 11.8. The van der Waals surface area contributed by atoms with E-state index in [2.05, 4.69) is 24.3 Å². The number of nitrogens with one attached hydrogen (secondary N) is 1. The van der Waals surface area contributed by atoms with E-state index in [9.17, 15) is 4.79 Å². The number of nitrogens with zero attached hydrogens (tertiary/aromatic N) is 2. The Morgan fingerprint density at radius 1 is 1.48 bits per heavy atom. The normalized spacial score (nSPS) is 23.7. The third kappa shape index (κ3) is 2.69. The average Bonchev–Trinajstić information content (AvgIpc) is 2.47. The van der Waals surface area contributed by atoms with Crippen molar-refractivity contribution in [3.8, 4) is 0 Å². The fourth-order valence-corrected chi connectivity index (χ4v) is 3.61. The highest BCUT2D eigenvalue weighted by Gasteiger charge is 2.53. The summed E-state index contributed by atoms with van der Waals surface area (Å²) in [6.45, 7) is 7.13. The molecule has 0 saturated heterocycles. The van der Waals surface area contributed by atoms with Crippen LogP contribution in [-0.4, -0.2) is 28.5 Å². The van der Waals surface area contributed by atoms with Crippen molar-refractivity contribution in [3.05, 3.63) is 21.6 Å². The number of hydrogen-bond donors (Lipinski definition) is 1. The molecule has 2 rings (SSSR count). The van der Waals surface area contributed by atoms with Gasteiger partial charge in [0.25, 0.3) is 5.56 Å². The molecule has 1 N–H and O–H groups in total. The first-order valence-corrected chi connectivity index (χ1v) is 7.97. The van der Waals surface area contributed by atoms with Gasteiger partial charge in [0.05, 0.1) is 18.0 Å². The van der Waals surface area contributed by atoms with E-state index in [0.29, 0.717) is 5.69 Å². The summed E-state index contributed by atoms with van der Waals surface area (Å²) in [4.78, 5) is 11.8. The lowest BCUT2D eigenvalue weighted by molar-refractivity contribution is -0.121. The van der Waals surface area contributed by atoms with Crippen LogP contribution in [0.2, 0.25) is 5.02 Å². The van der Waals surface area contributed by atoms with E-state index in [4.69, 9.17) is 16.3 Å². The van der Waals surface area contributed by atoms with Crippen molar-refractivity contribution in [2.45, 2.75) is 52.2 Å². The molecule has 0 bridgehead atoms. The van der Waals surface area contributed by atoms with E-state index in [1.54, 1.807) is 13.2 Å². The summed E-state index contributed by atoms with van der Waals surface area (Å²) >= 11 is 6.13. The Hall–Kier alpha value is -1.07. The second-order valence-electron chi connectivity index (χ2n) is 5.62. The molecule has 6 heteroatoms. The molecule has 1 saturated carbocycles. The van der Waals surface area contributed by atoms with Gasteiger partial charge >= 0.3 is 0 Å². The maximum atomic E-state index is 11.8. The van der Waals surface area contributed by atoms with Gasteiger partial charge in [0.15, 0.2) is 0 Å². The second-order valence-corrected chi connectivity index (χ2v) is 6.00. The van der Waals surface area contributed by atoms with Crippen molar-refractivity contribution in [1.82, 2.24) is 9.78 Å². The molecule has 0 unspecified atom stereocenters. The molecule has 118 valence electrons. The van der Waals surface area contributed by atoms with E-state index in [1.165, 1.54) is 4.68 Å². The van der Waals surface area contributed by atoms with Gasteiger partial charge in [0, 0.05) is 25.1 Å². The van der Waals surface area contributed by atoms with E-state index in [1.807, 2.05) is 6.92 Å². The molecule has 0 aliphatic heterocycles. The number of aryl methyl sites for hydroxylation is 1. The van der Waals surface area contributed by atoms with Crippen molar-refractivity contribution in [1.29, 1.82) is 0 Å². The van der Waals surface area contributed by atoms with Crippen molar-refractivity contribution in [2.24, 2.45) is 12.5 Å². The molecule has 2 atom stereocenters. The zero-order chi connectivity index (χ0) is 15.6. The first-order valence-electron chi connectivity index (χ1n) is 7.60.